The van der Waals surface area contributed by atoms with Gasteiger partial charge < -0.3 is 29.5 Å². The van der Waals surface area contributed by atoms with Crippen molar-refractivity contribution in [1.29, 1.82) is 0 Å². The number of ether oxygens (including phenoxy) is 2. The van der Waals surface area contributed by atoms with Crippen molar-refractivity contribution in [2.24, 2.45) is 0 Å². The molecule has 0 radical (unpaired) electrons. The molecule has 8 aromatic carbocycles. The number of aromatic nitrogens is 2. The van der Waals surface area contributed by atoms with Crippen molar-refractivity contribution in [3.8, 4) is 32.6 Å². The van der Waals surface area contributed by atoms with Gasteiger partial charge in [0.05, 0.1) is 25.3 Å². The lowest BCUT2D eigenvalue weighted by atomic mass is 9.71. The number of hydrogen-bond donors (Lipinski definition) is 2. The summed E-state index contributed by atoms with van der Waals surface area (Å²) < 4.78 is 43.5. The lowest BCUT2D eigenvalue weighted by Gasteiger charge is -2.39. The molecule has 2 N–H and O–H groups in total. The highest BCUT2D eigenvalue weighted by atomic mass is 32.1. The van der Waals surface area contributed by atoms with E-state index < -0.39 is 23.0 Å². The Balaban J connectivity index is 0.000000175. The third-order valence-electron chi connectivity index (χ3n) is 15.8. The second kappa shape index (κ2) is 24.9. The van der Waals surface area contributed by atoms with Crippen molar-refractivity contribution >= 4 is 64.7 Å². The van der Waals surface area contributed by atoms with Crippen LogP contribution >= 0.6 is 22.7 Å². The van der Waals surface area contributed by atoms with Gasteiger partial charge in [-0.3, -0.25) is 0 Å². The SMILES string of the molecule is COc1nc2ccc(-c3cc4ccccc4s3)cc2cc1C(c1ccccc1)C(O)(CCN(C)C)c1cccc(F)c1.COc1nc2ccc(-c3cc4ccccc4s3)cc2cc1C(c1ccccc1)C(O)(CCN(C)C)c1cccc(F)c1. The zero-order valence-corrected chi connectivity index (χ0v) is 49.5. The molecule has 0 saturated carbocycles. The first-order chi connectivity index (χ1) is 40.7. The van der Waals surface area contributed by atoms with E-state index in [1.54, 1.807) is 61.2 Å². The molecular weight excluding hydrogens is 1090 g/mol. The zero-order chi connectivity index (χ0) is 58.5. The zero-order valence-electron chi connectivity index (χ0n) is 47.8. The van der Waals surface area contributed by atoms with Crippen LogP contribution in [-0.2, 0) is 11.2 Å². The monoisotopic (exact) mass is 1150 g/mol. The molecule has 0 aliphatic carbocycles. The molecule has 4 unspecified atom stereocenters. The Hall–Kier alpha value is -8.20. The van der Waals surface area contributed by atoms with E-state index in [0.717, 1.165) is 55.2 Å². The van der Waals surface area contributed by atoms with Crippen LogP contribution in [0, 0.1) is 11.6 Å². The molecule has 0 spiro atoms. The molecule has 0 saturated heterocycles. The van der Waals surface area contributed by atoms with E-state index in [0.29, 0.717) is 48.8 Å². The van der Waals surface area contributed by atoms with Gasteiger partial charge in [-0.2, -0.15) is 0 Å². The van der Waals surface area contributed by atoms with Gasteiger partial charge in [0.25, 0.3) is 0 Å². The predicted octanol–water partition coefficient (Wildman–Crippen LogP) is 16.5. The standard InChI is InChI=1S/2C36H33FN2O2S/c2*1-39(2)19-18-36(40,28-13-9-14-29(37)23-28)34(24-10-5-4-6-11-24)30-21-27-20-26(16-17-31(27)38-35(30)41-3)33-22-25-12-7-8-15-32(25)42-33/h2*4-17,20-23,34,40H,18-19H2,1-3H3. The van der Waals surface area contributed by atoms with E-state index in [1.165, 1.54) is 54.2 Å². The first-order valence-corrected chi connectivity index (χ1v) is 29.7. The van der Waals surface area contributed by atoms with Gasteiger partial charge in [0.2, 0.25) is 11.8 Å². The molecule has 12 rings (SSSR count). The lowest BCUT2D eigenvalue weighted by molar-refractivity contribution is 0.00327. The van der Waals surface area contributed by atoms with Crippen molar-refractivity contribution in [2.75, 3.05) is 55.5 Å². The van der Waals surface area contributed by atoms with Crippen molar-refractivity contribution in [3.05, 3.63) is 263 Å². The van der Waals surface area contributed by atoms with Gasteiger partial charge in [0, 0.05) is 66.0 Å². The number of thiophene rings is 2. The van der Waals surface area contributed by atoms with Crippen LogP contribution in [0.3, 0.4) is 0 Å². The van der Waals surface area contributed by atoms with Gasteiger partial charge >= 0.3 is 0 Å². The maximum absolute atomic E-state index is 14.6. The average Bonchev–Trinajstić information content (AvgIpc) is 1.79. The summed E-state index contributed by atoms with van der Waals surface area (Å²) >= 11 is 3.52. The molecule has 8 nitrogen and oxygen atoms in total. The Morgan fingerprint density at radius 2 is 0.833 bits per heavy atom. The summed E-state index contributed by atoms with van der Waals surface area (Å²) in [5.74, 6) is -1.07. The summed E-state index contributed by atoms with van der Waals surface area (Å²) in [6.07, 6.45) is 0.734. The van der Waals surface area contributed by atoms with Crippen LogP contribution in [0.1, 0.15) is 58.1 Å². The number of halogens is 2. The van der Waals surface area contributed by atoms with Gasteiger partial charge in [-0.1, -0.05) is 133 Å². The number of methoxy groups -OCH3 is 2. The number of fused-ring (bicyclic) bond motifs is 4. The van der Waals surface area contributed by atoms with Crippen LogP contribution in [0.2, 0.25) is 0 Å². The van der Waals surface area contributed by atoms with E-state index >= 15 is 0 Å². The van der Waals surface area contributed by atoms with E-state index in [1.807, 2.05) is 111 Å². The second-order valence-corrected chi connectivity index (χ2v) is 24.1. The van der Waals surface area contributed by atoms with Gasteiger partial charge in [-0.05, 0) is 170 Å². The number of benzene rings is 8. The molecule has 84 heavy (non-hydrogen) atoms. The normalized spacial score (nSPS) is 13.9. The Kier molecular flexibility index (Phi) is 17.1. The number of nitrogens with zero attached hydrogens (tertiary/aromatic N) is 4. The molecule has 0 amide bonds. The molecular formula is C72H66F2N4O4S2. The fourth-order valence-corrected chi connectivity index (χ4v) is 13.7. The third kappa shape index (κ3) is 12.1. The van der Waals surface area contributed by atoms with Gasteiger partial charge in [-0.15, -0.1) is 22.7 Å². The Labute approximate surface area is 497 Å². The highest BCUT2D eigenvalue weighted by Gasteiger charge is 2.44. The summed E-state index contributed by atoms with van der Waals surface area (Å²) in [6, 6.07) is 70.2. The maximum Gasteiger partial charge on any atom is 0.217 e. The first-order valence-electron chi connectivity index (χ1n) is 28.0. The number of rotatable bonds is 18. The Morgan fingerprint density at radius 3 is 1.20 bits per heavy atom. The fourth-order valence-electron chi connectivity index (χ4n) is 11.6. The molecule has 0 bridgehead atoms. The van der Waals surface area contributed by atoms with Crippen LogP contribution in [0.15, 0.2) is 218 Å². The molecule has 12 aromatic rings. The van der Waals surface area contributed by atoms with Crippen LogP contribution in [0.5, 0.6) is 11.8 Å². The molecule has 4 heterocycles. The molecule has 0 fully saturated rings. The lowest BCUT2D eigenvalue weighted by Crippen LogP contribution is -2.38. The quantitative estimate of drug-likeness (QED) is 0.0878. The highest BCUT2D eigenvalue weighted by Crippen LogP contribution is 2.50. The summed E-state index contributed by atoms with van der Waals surface area (Å²) in [5.41, 5.74) is 5.19. The van der Waals surface area contributed by atoms with Crippen LogP contribution in [-0.4, -0.2) is 85.5 Å². The largest absolute Gasteiger partial charge is 0.481 e. The Morgan fingerprint density at radius 1 is 0.440 bits per heavy atom. The van der Waals surface area contributed by atoms with Crippen molar-refractivity contribution < 1.29 is 28.5 Å². The minimum absolute atomic E-state index is 0.367. The minimum Gasteiger partial charge on any atom is -0.481 e. The topological polar surface area (TPSA) is 91.2 Å². The van der Waals surface area contributed by atoms with Gasteiger partial charge in [0.15, 0.2) is 0 Å². The number of hydrogen-bond acceptors (Lipinski definition) is 10. The number of aliphatic hydroxyl groups is 2. The van der Waals surface area contributed by atoms with Crippen molar-refractivity contribution in [2.45, 2.75) is 35.9 Å². The summed E-state index contributed by atoms with van der Waals surface area (Å²) in [4.78, 5) is 16.3. The minimum atomic E-state index is -1.46. The predicted molar refractivity (Wildman–Crippen MR) is 342 cm³/mol. The van der Waals surface area contributed by atoms with Crippen LogP contribution in [0.25, 0.3) is 62.9 Å². The molecule has 12 heteroatoms. The summed E-state index contributed by atoms with van der Waals surface area (Å²) in [6.45, 7) is 1.19. The first kappa shape index (κ1) is 57.6. The van der Waals surface area contributed by atoms with E-state index in [4.69, 9.17) is 19.4 Å². The van der Waals surface area contributed by atoms with Crippen LogP contribution in [0.4, 0.5) is 8.78 Å². The molecule has 424 valence electrons. The molecule has 0 aliphatic rings. The van der Waals surface area contributed by atoms with E-state index in [9.17, 15) is 19.0 Å². The number of pyridine rings is 2. The van der Waals surface area contributed by atoms with Crippen molar-refractivity contribution in [3.63, 3.8) is 0 Å². The Bertz CT molecular complexity index is 3910. The summed E-state index contributed by atoms with van der Waals surface area (Å²) in [5, 5.41) is 29.8. The molecule has 4 aromatic heterocycles. The highest BCUT2D eigenvalue weighted by molar-refractivity contribution is 7.22. The third-order valence-corrected chi connectivity index (χ3v) is 18.1. The maximum atomic E-state index is 14.6. The second-order valence-electron chi connectivity index (χ2n) is 21.9. The average molecular weight is 1150 g/mol. The smallest absolute Gasteiger partial charge is 0.217 e. The van der Waals surface area contributed by atoms with Crippen molar-refractivity contribution in [1.82, 2.24) is 19.8 Å². The fraction of sp³-hybridized carbons (Fsp3) is 0.194. The van der Waals surface area contributed by atoms with Gasteiger partial charge in [-0.25, -0.2) is 18.7 Å². The molecule has 4 atom stereocenters. The summed E-state index contributed by atoms with van der Waals surface area (Å²) in [7, 11) is 11.1. The van der Waals surface area contributed by atoms with Crippen LogP contribution < -0.4 is 9.47 Å². The van der Waals surface area contributed by atoms with Gasteiger partial charge in [0.1, 0.15) is 22.8 Å². The molecule has 0 aliphatic heterocycles. The van der Waals surface area contributed by atoms with E-state index in [2.05, 4.69) is 97.1 Å². The van der Waals surface area contributed by atoms with E-state index in [-0.39, 0.29) is 11.6 Å².